The Morgan fingerprint density at radius 1 is 0.333 bits per heavy atom. The van der Waals surface area contributed by atoms with E-state index in [-0.39, 0.29) is 32.2 Å². The third kappa shape index (κ3) is 75.2. The summed E-state index contributed by atoms with van der Waals surface area (Å²) in [5, 5.41) is 9.76. The van der Waals surface area contributed by atoms with Crippen LogP contribution < -0.4 is 0 Å². The van der Waals surface area contributed by atoms with Crippen molar-refractivity contribution in [3.63, 3.8) is 0 Å². The van der Waals surface area contributed by atoms with Gasteiger partial charge in [-0.05, 0) is 103 Å². The summed E-state index contributed by atoms with van der Waals surface area (Å²) in [6.45, 7) is 4.77. The molecule has 0 saturated carbocycles. The number of quaternary nitrogens is 1. The molecule has 0 amide bonds. The molecule has 0 spiro atoms. The number of hydrogen-bond donors (Lipinski definition) is 1. The van der Waals surface area contributed by atoms with Gasteiger partial charge in [0, 0.05) is 12.8 Å². The van der Waals surface area contributed by atoms with Crippen molar-refractivity contribution in [1.82, 2.24) is 0 Å². The average Bonchev–Trinajstić information content (AvgIpc) is 3.38. The highest BCUT2D eigenvalue weighted by atomic mass is 16.7. The first kappa shape index (κ1) is 89.0. The molecule has 536 valence electrons. The van der Waals surface area contributed by atoms with Crippen molar-refractivity contribution in [2.24, 2.45) is 0 Å². The summed E-state index contributed by atoms with van der Waals surface area (Å²) in [4.78, 5) is 37.7. The molecular weight excluding hydrogens is 1150 g/mol. The van der Waals surface area contributed by atoms with Crippen LogP contribution in [0.5, 0.6) is 0 Å². The topological polar surface area (TPSA) is 108 Å². The fourth-order valence-electron chi connectivity index (χ4n) is 11.1. The normalized spacial score (nSPS) is 13.3. The molecule has 0 saturated heterocycles. The third-order valence-corrected chi connectivity index (χ3v) is 17.0. The van der Waals surface area contributed by atoms with Crippen LogP contribution >= 0.6 is 0 Å². The highest BCUT2D eigenvalue weighted by Crippen LogP contribution is 2.18. The number of ether oxygens (including phenoxy) is 4. The number of carboxylic acids is 1. The van der Waals surface area contributed by atoms with E-state index < -0.39 is 24.3 Å². The van der Waals surface area contributed by atoms with E-state index in [0.29, 0.717) is 23.9 Å². The van der Waals surface area contributed by atoms with E-state index in [1.807, 2.05) is 21.1 Å². The Morgan fingerprint density at radius 2 is 0.613 bits per heavy atom. The molecule has 0 aliphatic carbocycles. The van der Waals surface area contributed by atoms with Gasteiger partial charge in [-0.2, -0.15) is 0 Å². The number of rotatable bonds is 72. The quantitative estimate of drug-likeness (QED) is 0.0211. The van der Waals surface area contributed by atoms with Gasteiger partial charge in [0.1, 0.15) is 13.2 Å². The summed E-state index contributed by atoms with van der Waals surface area (Å²) < 4.78 is 23.0. The maximum Gasteiger partial charge on any atom is 0.361 e. The average molecular weight is 1300 g/mol. The fourth-order valence-corrected chi connectivity index (χ4v) is 11.1. The van der Waals surface area contributed by atoms with E-state index >= 15 is 0 Å². The molecule has 9 heteroatoms. The van der Waals surface area contributed by atoms with Gasteiger partial charge in [0.15, 0.2) is 6.10 Å². The van der Waals surface area contributed by atoms with E-state index in [2.05, 4.69) is 123 Å². The number of aliphatic carboxylic acids is 1. The van der Waals surface area contributed by atoms with Crippen LogP contribution in [-0.2, 0) is 33.3 Å². The summed E-state index contributed by atoms with van der Waals surface area (Å²) in [6, 6.07) is 0. The summed E-state index contributed by atoms with van der Waals surface area (Å²) in [7, 11) is 5.98. The van der Waals surface area contributed by atoms with E-state index in [9.17, 15) is 19.5 Å². The number of esters is 2. The van der Waals surface area contributed by atoms with Gasteiger partial charge >= 0.3 is 17.9 Å². The van der Waals surface area contributed by atoms with Crippen LogP contribution in [0.15, 0.2) is 109 Å². The van der Waals surface area contributed by atoms with Crippen molar-refractivity contribution < 1.29 is 42.9 Å². The molecule has 2 atom stereocenters. The van der Waals surface area contributed by atoms with Gasteiger partial charge in [-0.1, -0.05) is 342 Å². The van der Waals surface area contributed by atoms with Gasteiger partial charge in [-0.3, -0.25) is 9.59 Å². The second kappa shape index (κ2) is 73.8. The lowest BCUT2D eigenvalue weighted by atomic mass is 10.0. The number of likely N-dealkylation sites (N-methyl/N-ethyl adjacent to an activating group) is 1. The Hall–Kier alpha value is -4.05. The molecule has 1 N–H and O–H groups in total. The number of nitrogens with zero attached hydrogens (tertiary/aromatic N) is 1. The maximum atomic E-state index is 13.0. The second-order valence-electron chi connectivity index (χ2n) is 27.3. The zero-order valence-corrected chi connectivity index (χ0v) is 61.4. The predicted octanol–water partition coefficient (Wildman–Crippen LogP) is 24.9. The zero-order chi connectivity index (χ0) is 67.5. The SMILES string of the molecule is CC/C=C\C/C=C\C/C=C\C/C=C\C/C=C\C/C=C\CCCCCCCCCCC(=O)OC(COC(=O)CCCCCCCCCCCCCCCCCCCCCCCCCCCC/C=C\C/C=C\C/C=C\CCCCCCC)COC(OCC[N+](C)(C)C)C(=O)O. The van der Waals surface area contributed by atoms with Gasteiger partial charge < -0.3 is 28.5 Å². The fraction of sp³-hybridized carbons (Fsp3) is 0.750. The molecule has 0 fully saturated rings. The molecular formula is C84H148NO8+. The number of carboxylic acid groups (broad SMARTS) is 1. The summed E-state index contributed by atoms with van der Waals surface area (Å²) in [6.07, 6.45) is 101. The number of hydrogen-bond acceptors (Lipinski definition) is 7. The van der Waals surface area contributed by atoms with Crippen LogP contribution in [0.2, 0.25) is 0 Å². The highest BCUT2D eigenvalue weighted by Gasteiger charge is 2.25. The standard InChI is InChI=1S/C84H147NO8/c1-6-8-10-12-14-16-18-20-22-24-26-28-30-32-34-35-36-37-38-39-40-41-42-43-44-45-46-47-49-50-52-54-56-58-60-62-64-66-68-70-72-74-81(86)91-78-80(79-92-84(83(88)89)90-77-76-85(3,4)5)93-82(87)75-73-71-69-67-65-63-61-59-57-55-53-51-48-33-31-29-27-25-23-21-19-17-15-13-11-9-7-2/h9,11,15,17-18,20-21,23-24,26-27,29-30,32-33,48,53,55,80,84H,6-8,10,12-14,16,19,22,25,28,31,34-47,49-52,54,56-79H2,1-5H3/p+1/b11-9-,17-15-,20-18-,23-21-,26-24-,29-27-,32-30-,48-33-,55-53-. The molecule has 0 aromatic heterocycles. The van der Waals surface area contributed by atoms with Gasteiger partial charge in [0.25, 0.3) is 6.29 Å². The van der Waals surface area contributed by atoms with Crippen LogP contribution in [0.25, 0.3) is 0 Å². The lowest BCUT2D eigenvalue weighted by Crippen LogP contribution is -2.40. The van der Waals surface area contributed by atoms with Gasteiger partial charge in [-0.25, -0.2) is 4.79 Å². The lowest BCUT2D eigenvalue weighted by molar-refractivity contribution is -0.870. The second-order valence-corrected chi connectivity index (χ2v) is 27.3. The van der Waals surface area contributed by atoms with Crippen LogP contribution in [0.3, 0.4) is 0 Å². The van der Waals surface area contributed by atoms with E-state index in [1.54, 1.807) is 0 Å². The van der Waals surface area contributed by atoms with Crippen molar-refractivity contribution in [3.05, 3.63) is 109 Å². The van der Waals surface area contributed by atoms with E-state index in [4.69, 9.17) is 18.9 Å². The maximum absolute atomic E-state index is 13.0. The summed E-state index contributed by atoms with van der Waals surface area (Å²) in [5.74, 6) is -2.01. The summed E-state index contributed by atoms with van der Waals surface area (Å²) in [5.41, 5.74) is 0. The van der Waals surface area contributed by atoms with Crippen LogP contribution in [0, 0.1) is 0 Å². The van der Waals surface area contributed by atoms with Gasteiger partial charge in [0.2, 0.25) is 0 Å². The molecule has 0 aliphatic rings. The van der Waals surface area contributed by atoms with Gasteiger partial charge in [-0.15, -0.1) is 0 Å². The molecule has 0 heterocycles. The molecule has 93 heavy (non-hydrogen) atoms. The lowest BCUT2D eigenvalue weighted by Gasteiger charge is -2.25. The minimum atomic E-state index is -1.52. The molecule has 0 radical (unpaired) electrons. The van der Waals surface area contributed by atoms with Crippen LogP contribution in [0.1, 0.15) is 348 Å². The monoisotopic (exact) mass is 1300 g/mol. The van der Waals surface area contributed by atoms with E-state index in [0.717, 1.165) is 96.3 Å². The number of carbonyl (C=O) groups is 3. The Kier molecular flexibility index (Phi) is 70.5. The minimum absolute atomic E-state index is 0.183. The Labute approximate surface area is 575 Å². The first-order valence-electron chi connectivity index (χ1n) is 39.1. The minimum Gasteiger partial charge on any atom is -0.477 e. The first-order chi connectivity index (χ1) is 45.6. The van der Waals surface area contributed by atoms with E-state index in [1.165, 1.54) is 218 Å². The molecule has 9 nitrogen and oxygen atoms in total. The molecule has 0 aromatic rings. The molecule has 0 rings (SSSR count). The molecule has 0 aromatic carbocycles. The van der Waals surface area contributed by atoms with Crippen molar-refractivity contribution in [2.75, 3.05) is 47.5 Å². The zero-order valence-electron chi connectivity index (χ0n) is 61.4. The van der Waals surface area contributed by atoms with Crippen LogP contribution in [0.4, 0.5) is 0 Å². The predicted molar refractivity (Wildman–Crippen MR) is 401 cm³/mol. The third-order valence-electron chi connectivity index (χ3n) is 17.0. The molecule has 0 aliphatic heterocycles. The first-order valence-corrected chi connectivity index (χ1v) is 39.1. The van der Waals surface area contributed by atoms with Crippen molar-refractivity contribution in [2.45, 2.75) is 360 Å². The Morgan fingerprint density at radius 3 is 0.914 bits per heavy atom. The number of unbranched alkanes of at least 4 members (excludes halogenated alkanes) is 39. The number of carbonyl (C=O) groups excluding carboxylic acids is 2. The van der Waals surface area contributed by atoms with Crippen molar-refractivity contribution in [1.29, 1.82) is 0 Å². The van der Waals surface area contributed by atoms with Crippen molar-refractivity contribution >= 4 is 17.9 Å². The smallest absolute Gasteiger partial charge is 0.361 e. The van der Waals surface area contributed by atoms with Crippen LogP contribution in [-0.4, -0.2) is 87.4 Å². The summed E-state index contributed by atoms with van der Waals surface area (Å²) >= 11 is 0. The Balaban J connectivity index is 4.00. The van der Waals surface area contributed by atoms with Crippen molar-refractivity contribution in [3.8, 4) is 0 Å². The number of allylic oxidation sites excluding steroid dienone is 18. The Bertz CT molecular complexity index is 1900. The highest BCUT2D eigenvalue weighted by molar-refractivity contribution is 5.71. The molecule has 0 bridgehead atoms. The largest absolute Gasteiger partial charge is 0.477 e. The van der Waals surface area contributed by atoms with Gasteiger partial charge in [0.05, 0.1) is 34.4 Å². The molecule has 2 unspecified atom stereocenters.